The van der Waals surface area contributed by atoms with E-state index in [1.54, 1.807) is 0 Å². The van der Waals surface area contributed by atoms with Gasteiger partial charge in [0.05, 0.1) is 0 Å². The van der Waals surface area contributed by atoms with Gasteiger partial charge in [0, 0.05) is 12.6 Å². The Kier molecular flexibility index (Phi) is 3.34. The van der Waals surface area contributed by atoms with Gasteiger partial charge in [-0.25, -0.2) is 0 Å². The van der Waals surface area contributed by atoms with E-state index in [1.807, 2.05) is 0 Å². The molecule has 0 radical (unpaired) electrons. The van der Waals surface area contributed by atoms with E-state index >= 15 is 0 Å². The first-order valence-corrected chi connectivity index (χ1v) is 5.04. The van der Waals surface area contributed by atoms with Crippen molar-refractivity contribution in [3.05, 3.63) is 11.8 Å². The van der Waals surface area contributed by atoms with E-state index < -0.39 is 0 Å². The van der Waals surface area contributed by atoms with E-state index in [2.05, 4.69) is 36.3 Å². The van der Waals surface area contributed by atoms with Crippen molar-refractivity contribution >= 4 is 11.7 Å². The van der Waals surface area contributed by atoms with Crippen molar-refractivity contribution in [2.45, 2.75) is 27.2 Å². The van der Waals surface area contributed by atoms with Gasteiger partial charge in [0.2, 0.25) is 0 Å². The number of aromatic nitrogens is 2. The van der Waals surface area contributed by atoms with Crippen LogP contribution in [0.4, 0.5) is 5.82 Å². The fraction of sp³-hybridized carbons (Fsp3) is 0.600. The molecule has 0 aliphatic heterocycles. The van der Waals surface area contributed by atoms with E-state index in [-0.39, 0.29) is 11.3 Å². The lowest BCUT2D eigenvalue weighted by molar-refractivity contribution is 0.0930. The maximum absolute atomic E-state index is 11.6. The number of hydrogen-bond donors (Lipinski definition) is 3. The molecule has 0 saturated heterocycles. The molecule has 0 aromatic carbocycles. The number of nitrogens with zero attached hydrogens (tertiary/aromatic N) is 1. The van der Waals surface area contributed by atoms with E-state index in [0.29, 0.717) is 18.1 Å². The molecule has 4 N–H and O–H groups in total. The SMILES string of the molecule is CCC(C)(C)CNC(=O)c1cc(N)n[nH]1. The largest absolute Gasteiger partial charge is 0.382 e. The van der Waals surface area contributed by atoms with Crippen molar-refractivity contribution in [2.75, 3.05) is 12.3 Å². The van der Waals surface area contributed by atoms with Crippen LogP contribution in [0.3, 0.4) is 0 Å². The van der Waals surface area contributed by atoms with Crippen LogP contribution in [-0.4, -0.2) is 22.6 Å². The van der Waals surface area contributed by atoms with Gasteiger partial charge in [0.1, 0.15) is 11.5 Å². The fourth-order valence-corrected chi connectivity index (χ4v) is 0.993. The fourth-order valence-electron chi connectivity index (χ4n) is 0.993. The summed E-state index contributed by atoms with van der Waals surface area (Å²) in [5.74, 6) is 0.163. The molecule has 84 valence electrons. The molecule has 5 nitrogen and oxygen atoms in total. The van der Waals surface area contributed by atoms with Crippen molar-refractivity contribution in [1.82, 2.24) is 15.5 Å². The topological polar surface area (TPSA) is 83.8 Å². The van der Waals surface area contributed by atoms with Gasteiger partial charge in [0.25, 0.3) is 5.91 Å². The van der Waals surface area contributed by atoms with Crippen LogP contribution in [0.15, 0.2) is 6.07 Å². The number of nitrogens with one attached hydrogen (secondary N) is 2. The van der Waals surface area contributed by atoms with Crippen LogP contribution in [0.2, 0.25) is 0 Å². The quantitative estimate of drug-likeness (QED) is 0.697. The number of hydrogen-bond acceptors (Lipinski definition) is 3. The van der Waals surface area contributed by atoms with Crippen molar-refractivity contribution in [2.24, 2.45) is 5.41 Å². The minimum Gasteiger partial charge on any atom is -0.382 e. The van der Waals surface area contributed by atoms with E-state index in [1.165, 1.54) is 6.07 Å². The third-order valence-electron chi connectivity index (χ3n) is 2.53. The number of nitrogens with two attached hydrogens (primary N) is 1. The van der Waals surface area contributed by atoms with Crippen LogP contribution < -0.4 is 11.1 Å². The zero-order valence-electron chi connectivity index (χ0n) is 9.42. The Morgan fingerprint density at radius 2 is 2.33 bits per heavy atom. The molecule has 0 atom stereocenters. The van der Waals surface area contributed by atoms with Gasteiger partial charge >= 0.3 is 0 Å². The summed E-state index contributed by atoms with van der Waals surface area (Å²) in [5, 5.41) is 9.10. The highest BCUT2D eigenvalue weighted by Crippen LogP contribution is 2.17. The molecule has 0 aliphatic rings. The molecular formula is C10H18N4O. The highest BCUT2D eigenvalue weighted by molar-refractivity contribution is 5.92. The molecule has 1 aromatic heterocycles. The van der Waals surface area contributed by atoms with Crippen LogP contribution in [0.25, 0.3) is 0 Å². The van der Waals surface area contributed by atoms with Gasteiger partial charge in [-0.2, -0.15) is 5.10 Å². The summed E-state index contributed by atoms with van der Waals surface area (Å²) < 4.78 is 0. The summed E-state index contributed by atoms with van der Waals surface area (Å²) in [7, 11) is 0. The van der Waals surface area contributed by atoms with Crippen LogP contribution in [0.1, 0.15) is 37.7 Å². The zero-order valence-corrected chi connectivity index (χ0v) is 9.42. The highest BCUT2D eigenvalue weighted by atomic mass is 16.1. The number of nitrogen functional groups attached to an aromatic ring is 1. The third kappa shape index (κ3) is 3.27. The van der Waals surface area contributed by atoms with Gasteiger partial charge in [0.15, 0.2) is 0 Å². The van der Waals surface area contributed by atoms with Gasteiger partial charge in [-0.3, -0.25) is 9.89 Å². The number of rotatable bonds is 4. The number of carbonyl (C=O) groups is 1. The number of amides is 1. The average molecular weight is 210 g/mol. The summed E-state index contributed by atoms with van der Waals surface area (Å²) in [6.45, 7) is 6.95. The van der Waals surface area contributed by atoms with E-state index in [9.17, 15) is 4.79 Å². The molecule has 0 fully saturated rings. The molecule has 1 heterocycles. The van der Waals surface area contributed by atoms with E-state index in [4.69, 9.17) is 5.73 Å². The molecule has 0 spiro atoms. The van der Waals surface area contributed by atoms with Crippen molar-refractivity contribution in [3.63, 3.8) is 0 Å². The monoisotopic (exact) mass is 210 g/mol. The smallest absolute Gasteiger partial charge is 0.269 e. The Morgan fingerprint density at radius 3 is 2.80 bits per heavy atom. The molecular weight excluding hydrogens is 192 g/mol. The average Bonchev–Trinajstić information content (AvgIpc) is 2.61. The second kappa shape index (κ2) is 4.33. The molecule has 0 bridgehead atoms. The first kappa shape index (κ1) is 11.6. The molecule has 1 rings (SSSR count). The van der Waals surface area contributed by atoms with Crippen LogP contribution in [-0.2, 0) is 0 Å². The highest BCUT2D eigenvalue weighted by Gasteiger charge is 2.17. The Balaban J connectivity index is 2.50. The lowest BCUT2D eigenvalue weighted by atomic mass is 9.90. The summed E-state index contributed by atoms with van der Waals surface area (Å²) >= 11 is 0. The Hall–Kier alpha value is -1.52. The first-order valence-electron chi connectivity index (χ1n) is 5.04. The summed E-state index contributed by atoms with van der Waals surface area (Å²) in [6, 6.07) is 1.52. The second-order valence-electron chi connectivity index (χ2n) is 4.41. The molecule has 0 aliphatic carbocycles. The van der Waals surface area contributed by atoms with Gasteiger partial charge in [-0.15, -0.1) is 0 Å². The predicted octanol–water partition coefficient (Wildman–Crippen LogP) is 1.16. The standard InChI is InChI=1S/C10H18N4O/c1-4-10(2,3)6-12-9(15)7-5-8(11)14-13-7/h5H,4,6H2,1-3H3,(H,12,15)(H3,11,13,14). The second-order valence-corrected chi connectivity index (χ2v) is 4.41. The maximum Gasteiger partial charge on any atom is 0.269 e. The molecule has 1 aromatic rings. The van der Waals surface area contributed by atoms with E-state index in [0.717, 1.165) is 6.42 Å². The number of anilines is 1. The zero-order chi connectivity index (χ0) is 11.5. The van der Waals surface area contributed by atoms with Crippen LogP contribution >= 0.6 is 0 Å². The molecule has 5 heteroatoms. The predicted molar refractivity (Wildman–Crippen MR) is 59.4 cm³/mol. The summed E-state index contributed by atoms with van der Waals surface area (Å²) in [6.07, 6.45) is 1.01. The minimum absolute atomic E-state index is 0.112. The van der Waals surface area contributed by atoms with Crippen molar-refractivity contribution in [3.8, 4) is 0 Å². The minimum atomic E-state index is -0.166. The molecule has 0 unspecified atom stereocenters. The first-order chi connectivity index (χ1) is 6.94. The maximum atomic E-state index is 11.6. The molecule has 0 saturated carbocycles. The number of H-pyrrole nitrogens is 1. The van der Waals surface area contributed by atoms with Gasteiger partial charge < -0.3 is 11.1 Å². The van der Waals surface area contributed by atoms with Crippen molar-refractivity contribution < 1.29 is 4.79 Å². The van der Waals surface area contributed by atoms with Crippen LogP contribution in [0.5, 0.6) is 0 Å². The summed E-state index contributed by atoms with van der Waals surface area (Å²) in [5.41, 5.74) is 5.92. The Bertz CT molecular complexity index is 343. The van der Waals surface area contributed by atoms with Crippen molar-refractivity contribution in [1.29, 1.82) is 0 Å². The van der Waals surface area contributed by atoms with Crippen LogP contribution in [0, 0.1) is 5.41 Å². The van der Waals surface area contributed by atoms with Gasteiger partial charge in [-0.1, -0.05) is 20.8 Å². The normalized spacial score (nSPS) is 11.4. The number of aromatic amines is 1. The summed E-state index contributed by atoms with van der Waals surface area (Å²) in [4.78, 5) is 11.6. The molecule has 1 amide bonds. The lowest BCUT2D eigenvalue weighted by Crippen LogP contribution is -2.33. The molecule has 15 heavy (non-hydrogen) atoms. The Morgan fingerprint density at radius 1 is 1.67 bits per heavy atom. The Labute approximate surface area is 89.4 Å². The van der Waals surface area contributed by atoms with Gasteiger partial charge in [-0.05, 0) is 11.8 Å². The third-order valence-corrected chi connectivity index (χ3v) is 2.53. The number of carbonyl (C=O) groups excluding carboxylic acids is 1. The lowest BCUT2D eigenvalue weighted by Gasteiger charge is -2.22.